The van der Waals surface area contributed by atoms with Crippen molar-refractivity contribution in [1.82, 2.24) is 4.90 Å². The summed E-state index contributed by atoms with van der Waals surface area (Å²) in [6, 6.07) is 8.38. The molecule has 0 aromatic heterocycles. The molecule has 1 aliphatic rings. The van der Waals surface area contributed by atoms with Gasteiger partial charge in [-0.15, -0.1) is 0 Å². The van der Waals surface area contributed by atoms with E-state index in [0.29, 0.717) is 5.41 Å². The van der Waals surface area contributed by atoms with E-state index in [2.05, 4.69) is 64.3 Å². The molecule has 0 amide bonds. The lowest BCUT2D eigenvalue weighted by Crippen LogP contribution is -2.30. The highest BCUT2D eigenvalue weighted by Gasteiger charge is 2.22. The molecule has 0 aliphatic carbocycles. The maximum Gasteiger partial charge on any atom is 0.0351 e. The Morgan fingerprint density at radius 3 is 2.89 bits per heavy atom. The molecule has 1 N–H and O–H groups in total. The van der Waals surface area contributed by atoms with E-state index in [4.69, 9.17) is 0 Å². The summed E-state index contributed by atoms with van der Waals surface area (Å²) in [5, 5.41) is 3.50. The van der Waals surface area contributed by atoms with Gasteiger partial charge in [-0.3, -0.25) is 0 Å². The number of anilines is 1. The predicted molar refractivity (Wildman–Crippen MR) is 86.7 cm³/mol. The van der Waals surface area contributed by atoms with Crippen LogP contribution in [0.4, 0.5) is 5.69 Å². The number of benzene rings is 1. The van der Waals surface area contributed by atoms with E-state index in [1.165, 1.54) is 38.0 Å². The quantitative estimate of drug-likeness (QED) is 0.884. The molecule has 1 aliphatic heterocycles. The SMILES string of the molecule is CC1(C)CCCN(CCNc2cccc(Br)c2)CC1. The predicted octanol–water partition coefficient (Wildman–Crippen LogP) is 4.37. The number of nitrogens with one attached hydrogen (secondary N) is 1. The highest BCUT2D eigenvalue weighted by atomic mass is 79.9. The van der Waals surface area contributed by atoms with Crippen LogP contribution in [-0.2, 0) is 0 Å². The van der Waals surface area contributed by atoms with E-state index >= 15 is 0 Å². The fraction of sp³-hybridized carbons (Fsp3) is 0.625. The van der Waals surface area contributed by atoms with Gasteiger partial charge >= 0.3 is 0 Å². The molecule has 19 heavy (non-hydrogen) atoms. The minimum atomic E-state index is 0.534. The summed E-state index contributed by atoms with van der Waals surface area (Å²) in [5.41, 5.74) is 1.73. The second-order valence-electron chi connectivity index (χ2n) is 6.30. The van der Waals surface area contributed by atoms with Crippen LogP contribution in [0.2, 0.25) is 0 Å². The van der Waals surface area contributed by atoms with Crippen molar-refractivity contribution in [1.29, 1.82) is 0 Å². The molecule has 106 valence electrons. The normalized spacial score (nSPS) is 19.9. The highest BCUT2D eigenvalue weighted by molar-refractivity contribution is 9.10. The van der Waals surface area contributed by atoms with Crippen LogP contribution >= 0.6 is 15.9 Å². The van der Waals surface area contributed by atoms with Crippen LogP contribution in [0.3, 0.4) is 0 Å². The standard InChI is InChI=1S/C16H25BrN2/c1-16(2)7-4-10-19(11-8-16)12-9-18-15-6-3-5-14(17)13-15/h3,5-6,13,18H,4,7-12H2,1-2H3. The summed E-state index contributed by atoms with van der Waals surface area (Å²) >= 11 is 3.50. The van der Waals surface area contributed by atoms with E-state index in [0.717, 1.165) is 17.6 Å². The fourth-order valence-corrected chi connectivity index (χ4v) is 3.06. The lowest BCUT2D eigenvalue weighted by Gasteiger charge is -2.23. The molecule has 2 rings (SSSR count). The smallest absolute Gasteiger partial charge is 0.0351 e. The van der Waals surface area contributed by atoms with Gasteiger partial charge in [0.05, 0.1) is 0 Å². The molecule has 1 heterocycles. The summed E-state index contributed by atoms with van der Waals surface area (Å²) < 4.78 is 1.13. The Bertz CT molecular complexity index is 403. The van der Waals surface area contributed by atoms with Gasteiger partial charge < -0.3 is 10.2 Å². The Balaban J connectivity index is 1.74. The van der Waals surface area contributed by atoms with Crippen molar-refractivity contribution in [3.63, 3.8) is 0 Å². The third kappa shape index (κ3) is 5.15. The van der Waals surface area contributed by atoms with Gasteiger partial charge in [0.2, 0.25) is 0 Å². The number of nitrogens with zero attached hydrogens (tertiary/aromatic N) is 1. The van der Waals surface area contributed by atoms with Crippen LogP contribution in [0, 0.1) is 5.41 Å². The minimum absolute atomic E-state index is 0.534. The lowest BCUT2D eigenvalue weighted by atomic mass is 9.85. The first-order chi connectivity index (χ1) is 9.05. The van der Waals surface area contributed by atoms with Gasteiger partial charge in [0, 0.05) is 23.2 Å². The zero-order chi connectivity index (χ0) is 13.7. The van der Waals surface area contributed by atoms with E-state index < -0.39 is 0 Å². The summed E-state index contributed by atoms with van der Waals surface area (Å²) in [7, 11) is 0. The number of hydrogen-bond acceptors (Lipinski definition) is 2. The van der Waals surface area contributed by atoms with Crippen LogP contribution in [0.15, 0.2) is 28.7 Å². The monoisotopic (exact) mass is 324 g/mol. The van der Waals surface area contributed by atoms with Gasteiger partial charge in [0.15, 0.2) is 0 Å². The molecule has 1 fully saturated rings. The summed E-state index contributed by atoms with van der Waals surface area (Å²) in [6.45, 7) is 9.46. The minimum Gasteiger partial charge on any atom is -0.384 e. The zero-order valence-electron chi connectivity index (χ0n) is 12.1. The van der Waals surface area contributed by atoms with Crippen LogP contribution < -0.4 is 5.32 Å². The van der Waals surface area contributed by atoms with Crippen molar-refractivity contribution in [3.05, 3.63) is 28.7 Å². The number of hydrogen-bond donors (Lipinski definition) is 1. The molecule has 0 saturated carbocycles. The Morgan fingerprint density at radius 2 is 2.11 bits per heavy atom. The average Bonchev–Trinajstić information content (AvgIpc) is 2.51. The third-order valence-electron chi connectivity index (χ3n) is 4.01. The molecule has 1 aromatic carbocycles. The average molecular weight is 325 g/mol. The first-order valence-corrected chi connectivity index (χ1v) is 8.06. The second-order valence-corrected chi connectivity index (χ2v) is 7.21. The van der Waals surface area contributed by atoms with E-state index in [1.54, 1.807) is 0 Å². The Hall–Kier alpha value is -0.540. The molecule has 0 bridgehead atoms. The highest BCUT2D eigenvalue weighted by Crippen LogP contribution is 2.29. The van der Waals surface area contributed by atoms with E-state index in [9.17, 15) is 0 Å². The molecule has 2 nitrogen and oxygen atoms in total. The molecule has 1 saturated heterocycles. The van der Waals surface area contributed by atoms with Gasteiger partial charge in [0.1, 0.15) is 0 Å². The topological polar surface area (TPSA) is 15.3 Å². The fourth-order valence-electron chi connectivity index (χ4n) is 2.66. The Kier molecular flexibility index (Phi) is 5.28. The largest absolute Gasteiger partial charge is 0.384 e. The molecular formula is C16H25BrN2. The van der Waals surface area contributed by atoms with Crippen molar-refractivity contribution in [2.75, 3.05) is 31.5 Å². The molecule has 0 atom stereocenters. The maximum atomic E-state index is 3.50. The van der Waals surface area contributed by atoms with Crippen LogP contribution in [0.1, 0.15) is 33.1 Å². The number of likely N-dealkylation sites (tertiary alicyclic amines) is 1. The molecular weight excluding hydrogens is 300 g/mol. The van der Waals surface area contributed by atoms with Crippen molar-refractivity contribution < 1.29 is 0 Å². The van der Waals surface area contributed by atoms with Crippen molar-refractivity contribution in [2.45, 2.75) is 33.1 Å². The first-order valence-electron chi connectivity index (χ1n) is 7.27. The van der Waals surface area contributed by atoms with Crippen LogP contribution in [0.25, 0.3) is 0 Å². The first kappa shape index (κ1) is 14.9. The van der Waals surface area contributed by atoms with Crippen LogP contribution in [-0.4, -0.2) is 31.1 Å². The summed E-state index contributed by atoms with van der Waals surface area (Å²) in [6.07, 6.45) is 4.02. The van der Waals surface area contributed by atoms with Crippen molar-refractivity contribution >= 4 is 21.6 Å². The number of halogens is 1. The molecule has 1 aromatic rings. The molecule has 3 heteroatoms. The van der Waals surface area contributed by atoms with Gasteiger partial charge in [0.25, 0.3) is 0 Å². The molecule has 0 spiro atoms. The van der Waals surface area contributed by atoms with Crippen molar-refractivity contribution in [2.24, 2.45) is 5.41 Å². The zero-order valence-corrected chi connectivity index (χ0v) is 13.7. The van der Waals surface area contributed by atoms with Gasteiger partial charge in [-0.2, -0.15) is 0 Å². The maximum absolute atomic E-state index is 3.50. The summed E-state index contributed by atoms with van der Waals surface area (Å²) in [5.74, 6) is 0. The van der Waals surface area contributed by atoms with Gasteiger partial charge in [-0.25, -0.2) is 0 Å². The molecule has 0 unspecified atom stereocenters. The molecule has 0 radical (unpaired) electrons. The number of rotatable bonds is 4. The van der Waals surface area contributed by atoms with E-state index in [1.807, 2.05) is 0 Å². The van der Waals surface area contributed by atoms with Gasteiger partial charge in [-0.1, -0.05) is 35.8 Å². The summed E-state index contributed by atoms with van der Waals surface area (Å²) in [4.78, 5) is 2.60. The Labute approximate surface area is 125 Å². The van der Waals surface area contributed by atoms with Gasteiger partial charge in [-0.05, 0) is 56.0 Å². The Morgan fingerprint density at radius 1 is 1.26 bits per heavy atom. The van der Waals surface area contributed by atoms with Crippen molar-refractivity contribution in [3.8, 4) is 0 Å². The third-order valence-corrected chi connectivity index (χ3v) is 4.51. The lowest BCUT2D eigenvalue weighted by molar-refractivity contribution is 0.269. The second kappa shape index (κ2) is 6.76. The van der Waals surface area contributed by atoms with Crippen LogP contribution in [0.5, 0.6) is 0 Å². The van der Waals surface area contributed by atoms with E-state index in [-0.39, 0.29) is 0 Å².